The number of carbonyl (C=O) groups excluding carboxylic acids is 1. The van der Waals surface area contributed by atoms with Crippen molar-refractivity contribution in [2.24, 2.45) is 0 Å². The Bertz CT molecular complexity index is 816. The van der Waals surface area contributed by atoms with Crippen molar-refractivity contribution in [1.29, 1.82) is 0 Å². The van der Waals surface area contributed by atoms with E-state index in [1.165, 1.54) is 19.2 Å². The highest BCUT2D eigenvalue weighted by Crippen LogP contribution is 2.21. The number of rotatable bonds is 4. The summed E-state index contributed by atoms with van der Waals surface area (Å²) in [6, 6.07) is 9.72. The van der Waals surface area contributed by atoms with Gasteiger partial charge in [-0.1, -0.05) is 12.1 Å². The molecule has 1 aliphatic heterocycles. The smallest absolute Gasteiger partial charge is 0.327 e. The maximum Gasteiger partial charge on any atom is 0.327 e. The standard InChI is InChI=1S/C17H19FN4O3/c1-25-17(24)12-22-16(23)7-6-15(19-22)21-10-8-20(9-11-21)14-5-3-2-4-13(14)18/h2-7H,8-12H2,1H3. The number of hydrogen-bond acceptors (Lipinski definition) is 6. The van der Waals surface area contributed by atoms with Crippen LogP contribution >= 0.6 is 0 Å². The summed E-state index contributed by atoms with van der Waals surface area (Å²) in [5.41, 5.74) is 0.227. The molecule has 1 saturated heterocycles. The molecule has 0 amide bonds. The van der Waals surface area contributed by atoms with Crippen LogP contribution in [0.1, 0.15) is 0 Å². The van der Waals surface area contributed by atoms with Crippen LogP contribution in [-0.4, -0.2) is 49.0 Å². The van der Waals surface area contributed by atoms with Gasteiger partial charge in [0.15, 0.2) is 0 Å². The molecule has 1 aromatic heterocycles. The fourth-order valence-electron chi connectivity index (χ4n) is 2.79. The number of anilines is 2. The molecule has 1 fully saturated rings. The molecular weight excluding hydrogens is 327 g/mol. The van der Waals surface area contributed by atoms with Gasteiger partial charge in [0, 0.05) is 32.2 Å². The minimum absolute atomic E-state index is 0.224. The fourth-order valence-corrected chi connectivity index (χ4v) is 2.79. The molecule has 0 spiro atoms. The second kappa shape index (κ2) is 7.33. The number of esters is 1. The number of nitrogens with zero attached hydrogens (tertiary/aromatic N) is 4. The summed E-state index contributed by atoms with van der Waals surface area (Å²) >= 11 is 0. The minimum atomic E-state index is -0.531. The number of methoxy groups -OCH3 is 1. The van der Waals surface area contributed by atoms with Gasteiger partial charge in [0.1, 0.15) is 18.2 Å². The quantitative estimate of drug-likeness (QED) is 0.766. The monoisotopic (exact) mass is 346 g/mol. The maximum absolute atomic E-state index is 13.9. The van der Waals surface area contributed by atoms with Crippen molar-refractivity contribution in [3.63, 3.8) is 0 Å². The number of para-hydroxylation sites is 1. The number of halogens is 1. The molecule has 0 aliphatic carbocycles. The molecule has 8 heteroatoms. The second-order valence-corrected chi connectivity index (χ2v) is 5.69. The van der Waals surface area contributed by atoms with Crippen molar-refractivity contribution < 1.29 is 13.9 Å². The van der Waals surface area contributed by atoms with Gasteiger partial charge in [0.25, 0.3) is 5.56 Å². The lowest BCUT2D eigenvalue weighted by atomic mass is 10.2. The van der Waals surface area contributed by atoms with Crippen molar-refractivity contribution in [3.8, 4) is 0 Å². The van der Waals surface area contributed by atoms with Gasteiger partial charge in [-0.25, -0.2) is 9.07 Å². The molecule has 2 heterocycles. The van der Waals surface area contributed by atoms with Crippen LogP contribution in [0.5, 0.6) is 0 Å². The summed E-state index contributed by atoms with van der Waals surface area (Å²) < 4.78 is 19.6. The number of benzene rings is 1. The van der Waals surface area contributed by atoms with E-state index in [9.17, 15) is 14.0 Å². The first-order chi connectivity index (χ1) is 12.1. The molecule has 0 bridgehead atoms. The molecular formula is C17H19FN4O3. The first-order valence-corrected chi connectivity index (χ1v) is 7.98. The number of hydrogen-bond donors (Lipinski definition) is 0. The number of carbonyl (C=O) groups is 1. The first kappa shape index (κ1) is 16.9. The largest absolute Gasteiger partial charge is 0.468 e. The molecule has 1 aliphatic rings. The molecule has 3 rings (SSSR count). The lowest BCUT2D eigenvalue weighted by Gasteiger charge is -2.36. The molecule has 0 saturated carbocycles. The molecule has 25 heavy (non-hydrogen) atoms. The van der Waals surface area contributed by atoms with Crippen molar-refractivity contribution in [1.82, 2.24) is 9.78 Å². The van der Waals surface area contributed by atoms with E-state index in [1.54, 1.807) is 18.2 Å². The van der Waals surface area contributed by atoms with Crippen LogP contribution in [0.2, 0.25) is 0 Å². The van der Waals surface area contributed by atoms with Crippen LogP contribution in [0.25, 0.3) is 0 Å². The number of aromatic nitrogens is 2. The molecule has 0 radical (unpaired) electrons. The third kappa shape index (κ3) is 3.78. The van der Waals surface area contributed by atoms with E-state index in [4.69, 9.17) is 0 Å². The van der Waals surface area contributed by atoms with Gasteiger partial charge in [-0.05, 0) is 18.2 Å². The van der Waals surface area contributed by atoms with Crippen molar-refractivity contribution in [2.45, 2.75) is 6.54 Å². The lowest BCUT2D eigenvalue weighted by Crippen LogP contribution is -2.47. The summed E-state index contributed by atoms with van der Waals surface area (Å²) in [6.07, 6.45) is 0. The SMILES string of the molecule is COC(=O)Cn1nc(N2CCN(c3ccccc3F)CC2)ccc1=O. The van der Waals surface area contributed by atoms with Gasteiger partial charge in [0.05, 0.1) is 12.8 Å². The highest BCUT2D eigenvalue weighted by Gasteiger charge is 2.21. The Morgan fingerprint density at radius 1 is 1.12 bits per heavy atom. The van der Waals surface area contributed by atoms with Crippen LogP contribution in [0.3, 0.4) is 0 Å². The predicted octanol–water partition coefficient (Wildman–Crippen LogP) is 0.882. The van der Waals surface area contributed by atoms with Crippen molar-refractivity contribution in [2.75, 3.05) is 43.1 Å². The Kier molecular flexibility index (Phi) is 4.97. The highest BCUT2D eigenvalue weighted by atomic mass is 19.1. The van der Waals surface area contributed by atoms with Crippen molar-refractivity contribution in [3.05, 3.63) is 52.6 Å². The zero-order chi connectivity index (χ0) is 17.8. The third-order valence-electron chi connectivity index (χ3n) is 4.16. The maximum atomic E-state index is 13.9. The average molecular weight is 346 g/mol. The van der Waals surface area contributed by atoms with E-state index in [2.05, 4.69) is 9.84 Å². The normalized spacial score (nSPS) is 14.5. The van der Waals surface area contributed by atoms with Crippen molar-refractivity contribution >= 4 is 17.5 Å². The van der Waals surface area contributed by atoms with Crippen LogP contribution in [0, 0.1) is 5.82 Å². The van der Waals surface area contributed by atoms with Gasteiger partial charge in [-0.3, -0.25) is 9.59 Å². The Hall–Kier alpha value is -2.90. The molecule has 0 N–H and O–H groups in total. The lowest BCUT2D eigenvalue weighted by molar-refractivity contribution is -0.141. The predicted molar refractivity (Wildman–Crippen MR) is 91.3 cm³/mol. The van der Waals surface area contributed by atoms with Crippen LogP contribution < -0.4 is 15.4 Å². The molecule has 7 nitrogen and oxygen atoms in total. The fraction of sp³-hybridized carbons (Fsp3) is 0.353. The Morgan fingerprint density at radius 3 is 2.48 bits per heavy atom. The zero-order valence-corrected chi connectivity index (χ0v) is 13.9. The van der Waals surface area contributed by atoms with Gasteiger partial charge in [-0.2, -0.15) is 5.10 Å². The van der Waals surface area contributed by atoms with Crippen LogP contribution in [0.4, 0.5) is 15.9 Å². The third-order valence-corrected chi connectivity index (χ3v) is 4.16. The van der Waals surface area contributed by atoms with E-state index in [-0.39, 0.29) is 17.9 Å². The summed E-state index contributed by atoms with van der Waals surface area (Å²) in [5.74, 6) is -0.159. The Labute approximate surface area is 144 Å². The average Bonchev–Trinajstić information content (AvgIpc) is 2.64. The summed E-state index contributed by atoms with van der Waals surface area (Å²) in [5, 5.41) is 4.24. The summed E-state index contributed by atoms with van der Waals surface area (Å²) in [4.78, 5) is 27.2. The van der Waals surface area contributed by atoms with E-state index < -0.39 is 5.97 Å². The Morgan fingerprint density at radius 2 is 1.80 bits per heavy atom. The summed E-state index contributed by atoms with van der Waals surface area (Å²) in [7, 11) is 1.26. The van der Waals surface area contributed by atoms with E-state index in [0.29, 0.717) is 37.7 Å². The highest BCUT2D eigenvalue weighted by molar-refractivity contribution is 5.68. The molecule has 0 atom stereocenters. The number of ether oxygens (including phenoxy) is 1. The topological polar surface area (TPSA) is 67.7 Å². The van der Waals surface area contributed by atoms with Gasteiger partial charge in [-0.15, -0.1) is 0 Å². The first-order valence-electron chi connectivity index (χ1n) is 7.98. The second-order valence-electron chi connectivity index (χ2n) is 5.69. The van der Waals surface area contributed by atoms with Crippen LogP contribution in [-0.2, 0) is 16.1 Å². The Balaban J connectivity index is 1.71. The van der Waals surface area contributed by atoms with E-state index in [0.717, 1.165) is 4.68 Å². The minimum Gasteiger partial charge on any atom is -0.468 e. The van der Waals surface area contributed by atoms with Gasteiger partial charge < -0.3 is 14.5 Å². The molecule has 132 valence electrons. The van der Waals surface area contributed by atoms with E-state index in [1.807, 2.05) is 15.9 Å². The molecule has 1 aromatic carbocycles. The van der Waals surface area contributed by atoms with E-state index >= 15 is 0 Å². The number of piperazine rings is 1. The molecule has 2 aromatic rings. The summed E-state index contributed by atoms with van der Waals surface area (Å²) in [6.45, 7) is 2.32. The molecule has 0 unspecified atom stereocenters. The van der Waals surface area contributed by atoms with Gasteiger partial charge >= 0.3 is 5.97 Å². The van der Waals surface area contributed by atoms with Gasteiger partial charge in [0.2, 0.25) is 0 Å². The van der Waals surface area contributed by atoms with Crippen LogP contribution in [0.15, 0.2) is 41.2 Å². The zero-order valence-electron chi connectivity index (χ0n) is 13.9.